The van der Waals surface area contributed by atoms with Crippen molar-refractivity contribution in [1.82, 2.24) is 15.1 Å². The summed E-state index contributed by atoms with van der Waals surface area (Å²) in [5.74, 6) is 0. The number of nitrogens with zero attached hydrogens (tertiary/aromatic N) is 2. The highest BCUT2D eigenvalue weighted by atomic mass is 16.4. The molecule has 2 N–H and O–H groups in total. The summed E-state index contributed by atoms with van der Waals surface area (Å²) in [6.07, 6.45) is -1.02. The normalized spacial score (nSPS) is 9.83. The van der Waals surface area contributed by atoms with E-state index in [1.807, 2.05) is 13.0 Å². The van der Waals surface area contributed by atoms with Gasteiger partial charge in [-0.3, -0.25) is 4.68 Å². The van der Waals surface area contributed by atoms with Crippen molar-refractivity contribution in [1.29, 1.82) is 0 Å². The molecule has 0 radical (unpaired) electrons. The Bertz CT molecular complexity index is 293. The molecular weight excluding hydrogens is 158 g/mol. The zero-order chi connectivity index (χ0) is 9.14. The maximum absolute atomic E-state index is 10.1. The first-order valence-corrected chi connectivity index (χ1v) is 3.56. The van der Waals surface area contributed by atoms with Crippen LogP contribution >= 0.6 is 0 Å². The van der Waals surface area contributed by atoms with Gasteiger partial charge in [0.15, 0.2) is 0 Å². The minimum atomic E-state index is -1.02. The van der Waals surface area contributed by atoms with Crippen LogP contribution < -0.4 is 5.32 Å². The van der Waals surface area contributed by atoms with E-state index in [4.69, 9.17) is 5.11 Å². The topological polar surface area (TPSA) is 67.2 Å². The fourth-order valence-electron chi connectivity index (χ4n) is 0.996. The Morgan fingerprint density at radius 3 is 2.92 bits per heavy atom. The van der Waals surface area contributed by atoms with Gasteiger partial charge in [-0.2, -0.15) is 5.10 Å². The lowest BCUT2D eigenvalue weighted by atomic mass is 10.4. The quantitative estimate of drug-likeness (QED) is 0.677. The summed E-state index contributed by atoms with van der Waals surface area (Å²) >= 11 is 0. The molecule has 1 aromatic rings. The molecule has 0 saturated carbocycles. The first-order valence-electron chi connectivity index (χ1n) is 3.56. The largest absolute Gasteiger partial charge is 0.465 e. The van der Waals surface area contributed by atoms with Crippen LogP contribution in [0.4, 0.5) is 4.79 Å². The van der Waals surface area contributed by atoms with Gasteiger partial charge in [-0.05, 0) is 13.0 Å². The second-order valence-corrected chi connectivity index (χ2v) is 2.56. The van der Waals surface area contributed by atoms with E-state index in [1.165, 1.54) is 0 Å². The van der Waals surface area contributed by atoms with Crippen LogP contribution in [0.3, 0.4) is 0 Å². The lowest BCUT2D eigenvalue weighted by Crippen LogP contribution is -2.21. The zero-order valence-electron chi connectivity index (χ0n) is 7.03. The molecule has 1 amide bonds. The van der Waals surface area contributed by atoms with Crippen molar-refractivity contribution in [2.45, 2.75) is 13.5 Å². The highest BCUT2D eigenvalue weighted by molar-refractivity contribution is 5.64. The number of nitrogens with one attached hydrogen (secondary N) is 1. The van der Waals surface area contributed by atoms with Gasteiger partial charge in [-0.25, -0.2) is 4.79 Å². The maximum Gasteiger partial charge on any atom is 0.404 e. The third-order valence-corrected chi connectivity index (χ3v) is 1.52. The van der Waals surface area contributed by atoms with E-state index in [2.05, 4.69) is 10.4 Å². The summed E-state index contributed by atoms with van der Waals surface area (Å²) < 4.78 is 1.66. The van der Waals surface area contributed by atoms with E-state index in [-0.39, 0.29) is 0 Å². The van der Waals surface area contributed by atoms with Crippen molar-refractivity contribution in [2.24, 2.45) is 7.05 Å². The number of hydrogen-bond acceptors (Lipinski definition) is 2. The fourth-order valence-corrected chi connectivity index (χ4v) is 0.996. The van der Waals surface area contributed by atoms with Crippen LogP contribution in [0.15, 0.2) is 6.07 Å². The summed E-state index contributed by atoms with van der Waals surface area (Å²) in [5.41, 5.74) is 1.74. The molecular formula is C7H11N3O2. The van der Waals surface area contributed by atoms with Crippen molar-refractivity contribution in [3.05, 3.63) is 17.5 Å². The van der Waals surface area contributed by atoms with Crippen molar-refractivity contribution >= 4 is 6.09 Å². The minimum absolute atomic E-state index is 0.298. The van der Waals surface area contributed by atoms with Gasteiger partial charge < -0.3 is 10.4 Å². The van der Waals surface area contributed by atoms with Crippen LogP contribution in [0.1, 0.15) is 11.4 Å². The van der Waals surface area contributed by atoms with Gasteiger partial charge >= 0.3 is 6.09 Å². The fraction of sp³-hybridized carbons (Fsp3) is 0.429. The summed E-state index contributed by atoms with van der Waals surface area (Å²) in [6.45, 7) is 2.16. The van der Waals surface area contributed by atoms with Crippen LogP contribution in [0.5, 0.6) is 0 Å². The van der Waals surface area contributed by atoms with Crippen molar-refractivity contribution in [2.75, 3.05) is 0 Å². The van der Waals surface area contributed by atoms with E-state index in [0.29, 0.717) is 6.54 Å². The van der Waals surface area contributed by atoms with Crippen LogP contribution in [0.25, 0.3) is 0 Å². The van der Waals surface area contributed by atoms with Crippen LogP contribution in [0, 0.1) is 6.92 Å². The standard InChI is InChI=1S/C7H11N3O2/c1-5-3-6(10(2)9-5)4-8-7(11)12/h3,8H,4H2,1-2H3,(H,11,12). The summed E-state index contributed by atoms with van der Waals surface area (Å²) in [4.78, 5) is 10.1. The third-order valence-electron chi connectivity index (χ3n) is 1.52. The van der Waals surface area contributed by atoms with Crippen molar-refractivity contribution in [3.63, 3.8) is 0 Å². The van der Waals surface area contributed by atoms with E-state index in [0.717, 1.165) is 11.4 Å². The number of rotatable bonds is 2. The van der Waals surface area contributed by atoms with Crippen molar-refractivity contribution < 1.29 is 9.90 Å². The predicted molar refractivity (Wildman–Crippen MR) is 42.8 cm³/mol. The van der Waals surface area contributed by atoms with Crippen LogP contribution in [-0.4, -0.2) is 21.0 Å². The monoisotopic (exact) mass is 169 g/mol. The molecule has 1 rings (SSSR count). The highest BCUT2D eigenvalue weighted by Crippen LogP contribution is 2.00. The Labute approximate surface area is 70.0 Å². The average Bonchev–Trinajstić information content (AvgIpc) is 2.26. The summed E-state index contributed by atoms with van der Waals surface area (Å²) in [5, 5.41) is 14.7. The molecule has 1 heterocycles. The average molecular weight is 169 g/mol. The number of amides is 1. The molecule has 0 aliphatic carbocycles. The molecule has 0 atom stereocenters. The molecule has 0 bridgehead atoms. The van der Waals surface area contributed by atoms with E-state index in [1.54, 1.807) is 11.7 Å². The first kappa shape index (κ1) is 8.58. The Morgan fingerprint density at radius 2 is 2.50 bits per heavy atom. The lowest BCUT2D eigenvalue weighted by molar-refractivity contribution is 0.193. The van der Waals surface area contributed by atoms with Gasteiger partial charge in [-0.1, -0.05) is 0 Å². The molecule has 0 saturated heterocycles. The molecule has 66 valence electrons. The lowest BCUT2D eigenvalue weighted by Gasteiger charge is -1.99. The SMILES string of the molecule is Cc1cc(CNC(=O)O)n(C)n1. The zero-order valence-corrected chi connectivity index (χ0v) is 7.03. The van der Waals surface area contributed by atoms with Crippen LogP contribution in [0.2, 0.25) is 0 Å². The van der Waals surface area contributed by atoms with Crippen molar-refractivity contribution in [3.8, 4) is 0 Å². The molecule has 0 unspecified atom stereocenters. The van der Waals surface area contributed by atoms with Crippen LogP contribution in [-0.2, 0) is 13.6 Å². The maximum atomic E-state index is 10.1. The van der Waals surface area contributed by atoms with Gasteiger partial charge in [0.1, 0.15) is 0 Å². The number of carbonyl (C=O) groups is 1. The molecule has 5 nitrogen and oxygen atoms in total. The minimum Gasteiger partial charge on any atom is -0.465 e. The molecule has 0 fully saturated rings. The Kier molecular flexibility index (Phi) is 2.32. The molecule has 0 aromatic carbocycles. The highest BCUT2D eigenvalue weighted by Gasteiger charge is 2.02. The smallest absolute Gasteiger partial charge is 0.404 e. The predicted octanol–water partition coefficient (Wildman–Crippen LogP) is 0.496. The Hall–Kier alpha value is -1.52. The molecule has 1 aromatic heterocycles. The van der Waals surface area contributed by atoms with E-state index < -0.39 is 6.09 Å². The Balaban J connectivity index is 2.62. The Morgan fingerprint density at radius 1 is 1.83 bits per heavy atom. The van der Waals surface area contributed by atoms with E-state index in [9.17, 15) is 4.79 Å². The second kappa shape index (κ2) is 3.25. The van der Waals surface area contributed by atoms with Gasteiger partial charge in [0.05, 0.1) is 17.9 Å². The van der Waals surface area contributed by atoms with Gasteiger partial charge in [-0.15, -0.1) is 0 Å². The number of aromatic nitrogens is 2. The molecule has 0 aliphatic heterocycles. The second-order valence-electron chi connectivity index (χ2n) is 2.56. The third kappa shape index (κ3) is 1.98. The summed E-state index contributed by atoms with van der Waals surface area (Å²) in [6, 6.07) is 1.84. The molecule has 0 spiro atoms. The summed E-state index contributed by atoms with van der Waals surface area (Å²) in [7, 11) is 1.78. The van der Waals surface area contributed by atoms with E-state index >= 15 is 0 Å². The number of hydrogen-bond donors (Lipinski definition) is 2. The molecule has 0 aliphatic rings. The first-order chi connectivity index (χ1) is 5.59. The van der Waals surface area contributed by atoms with Gasteiger partial charge in [0, 0.05) is 7.05 Å². The number of aryl methyl sites for hydroxylation is 2. The molecule has 12 heavy (non-hydrogen) atoms. The molecule has 5 heteroatoms. The van der Waals surface area contributed by atoms with Gasteiger partial charge in [0.25, 0.3) is 0 Å². The van der Waals surface area contributed by atoms with Gasteiger partial charge in [0.2, 0.25) is 0 Å². The number of carboxylic acid groups (broad SMARTS) is 1.